The first-order valence-electron chi connectivity index (χ1n) is 6.54. The summed E-state index contributed by atoms with van der Waals surface area (Å²) < 4.78 is 1.60. The van der Waals surface area contributed by atoms with E-state index in [1.807, 2.05) is 26.0 Å². The van der Waals surface area contributed by atoms with Crippen molar-refractivity contribution in [1.29, 1.82) is 0 Å². The molecule has 1 N–H and O–H groups in total. The highest BCUT2D eigenvalue weighted by molar-refractivity contribution is 5.67. The van der Waals surface area contributed by atoms with Crippen molar-refractivity contribution in [3.05, 3.63) is 24.0 Å². The van der Waals surface area contributed by atoms with E-state index in [0.717, 1.165) is 17.7 Å². The van der Waals surface area contributed by atoms with E-state index >= 15 is 0 Å². The van der Waals surface area contributed by atoms with Gasteiger partial charge in [0.1, 0.15) is 0 Å². The fourth-order valence-corrected chi connectivity index (χ4v) is 2.16. The van der Waals surface area contributed by atoms with Crippen molar-refractivity contribution in [2.45, 2.75) is 39.2 Å². The van der Waals surface area contributed by atoms with Crippen LogP contribution in [0.15, 0.2) is 18.3 Å². The lowest BCUT2D eigenvalue weighted by Crippen LogP contribution is -2.16. The molecule has 0 amide bonds. The summed E-state index contributed by atoms with van der Waals surface area (Å²) in [5.74, 6) is -0.272. The summed E-state index contributed by atoms with van der Waals surface area (Å²) in [6.07, 6.45) is 3.28. The van der Waals surface area contributed by atoms with Crippen LogP contribution in [0.25, 0.3) is 11.4 Å². The van der Waals surface area contributed by atoms with E-state index in [4.69, 9.17) is 5.11 Å². The number of aryl methyl sites for hydroxylation is 1. The molecule has 2 heterocycles. The van der Waals surface area contributed by atoms with Gasteiger partial charge in [-0.3, -0.25) is 9.78 Å². The predicted molar refractivity (Wildman–Crippen MR) is 72.0 cm³/mol. The molecule has 1 unspecified atom stereocenters. The Morgan fingerprint density at radius 2 is 2.30 bits per heavy atom. The average Bonchev–Trinajstić information content (AvgIpc) is 2.86. The topological polar surface area (TPSA) is 93.8 Å². The lowest BCUT2D eigenvalue weighted by Gasteiger charge is -2.15. The average molecular weight is 275 g/mol. The van der Waals surface area contributed by atoms with E-state index in [-0.39, 0.29) is 12.5 Å². The van der Waals surface area contributed by atoms with Crippen molar-refractivity contribution in [3.8, 4) is 11.4 Å². The fourth-order valence-electron chi connectivity index (χ4n) is 2.16. The molecule has 7 nitrogen and oxygen atoms in total. The molecule has 0 fully saturated rings. The second-order valence-corrected chi connectivity index (χ2v) is 4.67. The van der Waals surface area contributed by atoms with Crippen LogP contribution in [0.3, 0.4) is 0 Å². The second-order valence-electron chi connectivity index (χ2n) is 4.67. The zero-order valence-corrected chi connectivity index (χ0v) is 11.5. The van der Waals surface area contributed by atoms with E-state index in [9.17, 15) is 4.79 Å². The number of carboxylic acids is 1. The molecule has 2 rings (SSSR count). The van der Waals surface area contributed by atoms with Crippen molar-refractivity contribution in [2.24, 2.45) is 0 Å². The third-order valence-corrected chi connectivity index (χ3v) is 3.03. The molecule has 0 bridgehead atoms. The van der Waals surface area contributed by atoms with Gasteiger partial charge < -0.3 is 5.11 Å². The van der Waals surface area contributed by atoms with Crippen LogP contribution < -0.4 is 0 Å². The maximum absolute atomic E-state index is 11.0. The third kappa shape index (κ3) is 3.17. The summed E-state index contributed by atoms with van der Waals surface area (Å²) in [5.41, 5.74) is 1.70. The largest absolute Gasteiger partial charge is 0.481 e. The van der Waals surface area contributed by atoms with Gasteiger partial charge in [0, 0.05) is 17.5 Å². The Hall–Kier alpha value is -2.31. The van der Waals surface area contributed by atoms with Crippen LogP contribution in [0, 0.1) is 6.92 Å². The molecule has 0 aliphatic rings. The number of nitrogens with zero attached hydrogens (tertiary/aromatic N) is 5. The molecule has 106 valence electrons. The van der Waals surface area contributed by atoms with Crippen molar-refractivity contribution < 1.29 is 9.90 Å². The number of carbonyl (C=O) groups is 1. The smallest absolute Gasteiger partial charge is 0.305 e. The maximum atomic E-state index is 11.0. The number of hydrogen-bond donors (Lipinski definition) is 1. The number of aromatic nitrogens is 5. The molecule has 0 saturated heterocycles. The minimum atomic E-state index is -0.851. The fraction of sp³-hybridized carbons (Fsp3) is 0.462. The van der Waals surface area contributed by atoms with Crippen LogP contribution >= 0.6 is 0 Å². The molecule has 0 aromatic carbocycles. The first-order chi connectivity index (χ1) is 9.61. The van der Waals surface area contributed by atoms with Crippen LogP contribution in [-0.2, 0) is 4.79 Å². The van der Waals surface area contributed by atoms with Gasteiger partial charge in [-0.1, -0.05) is 13.3 Å². The SMILES string of the molecule is CCCC(CC(=O)O)n1nnnc1-c1ccnc(C)c1. The van der Waals surface area contributed by atoms with Gasteiger partial charge in [-0.2, -0.15) is 0 Å². The molecular weight excluding hydrogens is 258 g/mol. The van der Waals surface area contributed by atoms with E-state index in [1.54, 1.807) is 10.9 Å². The molecule has 20 heavy (non-hydrogen) atoms. The van der Waals surface area contributed by atoms with Gasteiger partial charge in [0.05, 0.1) is 12.5 Å². The third-order valence-electron chi connectivity index (χ3n) is 3.03. The number of aliphatic carboxylic acids is 1. The van der Waals surface area contributed by atoms with Gasteiger partial charge in [-0.25, -0.2) is 4.68 Å². The van der Waals surface area contributed by atoms with Gasteiger partial charge in [0.25, 0.3) is 0 Å². The lowest BCUT2D eigenvalue weighted by atomic mass is 10.1. The normalized spacial score (nSPS) is 12.3. The summed E-state index contributed by atoms with van der Waals surface area (Å²) in [6.45, 7) is 3.90. The van der Waals surface area contributed by atoms with Crippen molar-refractivity contribution in [2.75, 3.05) is 0 Å². The van der Waals surface area contributed by atoms with Crippen LogP contribution in [0.4, 0.5) is 0 Å². The highest BCUT2D eigenvalue weighted by Gasteiger charge is 2.20. The molecule has 0 saturated carbocycles. The van der Waals surface area contributed by atoms with E-state index in [1.165, 1.54) is 0 Å². The first-order valence-corrected chi connectivity index (χ1v) is 6.54. The van der Waals surface area contributed by atoms with Crippen LogP contribution in [0.5, 0.6) is 0 Å². The highest BCUT2D eigenvalue weighted by Crippen LogP contribution is 2.24. The Morgan fingerprint density at radius 1 is 1.50 bits per heavy atom. The molecule has 2 aromatic rings. The van der Waals surface area contributed by atoms with E-state index in [0.29, 0.717) is 12.2 Å². The molecule has 1 atom stereocenters. The molecule has 2 aromatic heterocycles. The highest BCUT2D eigenvalue weighted by atomic mass is 16.4. The second kappa shape index (κ2) is 6.23. The molecule has 0 spiro atoms. The van der Waals surface area contributed by atoms with Gasteiger partial charge in [0.15, 0.2) is 5.82 Å². The van der Waals surface area contributed by atoms with E-state index < -0.39 is 5.97 Å². The van der Waals surface area contributed by atoms with Crippen molar-refractivity contribution in [1.82, 2.24) is 25.2 Å². The Kier molecular flexibility index (Phi) is 4.39. The van der Waals surface area contributed by atoms with Crippen molar-refractivity contribution >= 4 is 5.97 Å². The zero-order chi connectivity index (χ0) is 14.5. The summed E-state index contributed by atoms with van der Waals surface area (Å²) in [5, 5.41) is 20.7. The van der Waals surface area contributed by atoms with Crippen molar-refractivity contribution in [3.63, 3.8) is 0 Å². The summed E-state index contributed by atoms with van der Waals surface area (Å²) >= 11 is 0. The number of carboxylic acid groups (broad SMARTS) is 1. The van der Waals surface area contributed by atoms with Crippen LogP contribution in [0.1, 0.15) is 37.9 Å². The Bertz CT molecular complexity index is 596. The van der Waals surface area contributed by atoms with Gasteiger partial charge >= 0.3 is 5.97 Å². The Morgan fingerprint density at radius 3 is 2.95 bits per heavy atom. The number of pyridine rings is 1. The number of rotatable bonds is 6. The van der Waals surface area contributed by atoms with E-state index in [2.05, 4.69) is 20.5 Å². The minimum absolute atomic E-state index is 0.00987. The monoisotopic (exact) mass is 275 g/mol. The van der Waals surface area contributed by atoms with Crippen LogP contribution in [0.2, 0.25) is 0 Å². The lowest BCUT2D eigenvalue weighted by molar-refractivity contribution is -0.138. The number of tetrazole rings is 1. The molecule has 7 heteroatoms. The summed E-state index contributed by atoms with van der Waals surface area (Å²) in [7, 11) is 0. The van der Waals surface area contributed by atoms with Gasteiger partial charge in [-0.15, -0.1) is 5.10 Å². The molecular formula is C13H17N5O2. The van der Waals surface area contributed by atoms with Gasteiger partial charge in [0.2, 0.25) is 0 Å². The summed E-state index contributed by atoms with van der Waals surface area (Å²) in [4.78, 5) is 15.1. The molecule has 0 aliphatic heterocycles. The number of hydrogen-bond acceptors (Lipinski definition) is 5. The standard InChI is InChI=1S/C13H17N5O2/c1-3-4-11(8-12(19)20)18-13(15-16-17-18)10-5-6-14-9(2)7-10/h5-7,11H,3-4,8H2,1-2H3,(H,19,20). The predicted octanol–water partition coefficient (Wildman–Crippen LogP) is 1.86. The van der Waals surface area contributed by atoms with Gasteiger partial charge in [-0.05, 0) is 35.9 Å². The molecule has 0 aliphatic carbocycles. The maximum Gasteiger partial charge on any atom is 0.305 e. The van der Waals surface area contributed by atoms with Crippen LogP contribution in [-0.4, -0.2) is 36.3 Å². The molecule has 0 radical (unpaired) electrons. The zero-order valence-electron chi connectivity index (χ0n) is 11.5. The minimum Gasteiger partial charge on any atom is -0.481 e. The summed E-state index contributed by atoms with van der Waals surface area (Å²) in [6, 6.07) is 3.46. The quantitative estimate of drug-likeness (QED) is 0.864. The first kappa shape index (κ1) is 14.1. The Labute approximate surface area is 116 Å². The Balaban J connectivity index is 2.37.